The summed E-state index contributed by atoms with van der Waals surface area (Å²) in [5.74, 6) is 0.384. The molecular weight excluding hydrogens is 259 g/mol. The highest BCUT2D eigenvalue weighted by molar-refractivity contribution is 6.42. The number of carbonyl (C=O) groups is 1. The minimum atomic E-state index is -0.246. The second-order valence-electron chi connectivity index (χ2n) is 4.26. The van der Waals surface area contributed by atoms with E-state index in [2.05, 4.69) is 10.6 Å². The predicted octanol–water partition coefficient (Wildman–Crippen LogP) is 4.16. The van der Waals surface area contributed by atoms with Crippen molar-refractivity contribution in [2.75, 3.05) is 5.32 Å². The van der Waals surface area contributed by atoms with E-state index in [-0.39, 0.29) is 12.1 Å². The Labute approximate surface area is 111 Å². The summed E-state index contributed by atoms with van der Waals surface area (Å²) in [6, 6.07) is 4.82. The van der Waals surface area contributed by atoms with Gasteiger partial charge in [-0.3, -0.25) is 0 Å². The van der Waals surface area contributed by atoms with Gasteiger partial charge >= 0.3 is 6.03 Å². The first-order valence-electron chi connectivity index (χ1n) is 5.42. The molecule has 1 rings (SSSR count). The third-order valence-electron chi connectivity index (χ3n) is 2.54. The first-order chi connectivity index (χ1) is 7.90. The van der Waals surface area contributed by atoms with Crippen LogP contribution in [0.5, 0.6) is 0 Å². The van der Waals surface area contributed by atoms with Gasteiger partial charge in [-0.15, -0.1) is 0 Å². The molecule has 0 saturated heterocycles. The van der Waals surface area contributed by atoms with Gasteiger partial charge in [0.15, 0.2) is 0 Å². The maximum Gasteiger partial charge on any atom is 0.319 e. The first-order valence-corrected chi connectivity index (χ1v) is 6.18. The molecule has 0 aliphatic carbocycles. The maximum absolute atomic E-state index is 11.6. The van der Waals surface area contributed by atoms with E-state index in [1.54, 1.807) is 18.2 Å². The average Bonchev–Trinajstić information content (AvgIpc) is 2.23. The van der Waals surface area contributed by atoms with Crippen LogP contribution in [0.15, 0.2) is 18.2 Å². The second kappa shape index (κ2) is 6.12. The lowest BCUT2D eigenvalue weighted by Crippen LogP contribution is -2.38. The molecule has 17 heavy (non-hydrogen) atoms. The molecule has 1 atom stereocenters. The SMILES string of the molecule is CC(C)[C@@H](C)NC(=O)Nc1ccc(Cl)c(Cl)c1. The molecule has 1 aromatic carbocycles. The Morgan fingerprint density at radius 3 is 2.35 bits per heavy atom. The molecular formula is C12H16Cl2N2O. The molecule has 0 bridgehead atoms. The number of amides is 2. The number of halogens is 2. The molecule has 0 fully saturated rings. The normalized spacial score (nSPS) is 12.4. The fourth-order valence-corrected chi connectivity index (χ4v) is 1.41. The topological polar surface area (TPSA) is 41.1 Å². The molecule has 0 saturated carbocycles. The highest BCUT2D eigenvalue weighted by Gasteiger charge is 2.10. The zero-order valence-corrected chi connectivity index (χ0v) is 11.6. The van der Waals surface area contributed by atoms with Crippen LogP contribution in [0, 0.1) is 5.92 Å². The maximum atomic E-state index is 11.6. The summed E-state index contributed by atoms with van der Waals surface area (Å²) in [5, 5.41) is 6.42. The van der Waals surface area contributed by atoms with Crippen molar-refractivity contribution in [3.8, 4) is 0 Å². The van der Waals surface area contributed by atoms with Crippen molar-refractivity contribution in [3.63, 3.8) is 0 Å². The lowest BCUT2D eigenvalue weighted by Gasteiger charge is -2.17. The Hall–Kier alpha value is -0.930. The van der Waals surface area contributed by atoms with Gasteiger partial charge in [0.1, 0.15) is 0 Å². The molecule has 2 amide bonds. The van der Waals surface area contributed by atoms with Gasteiger partial charge in [-0.25, -0.2) is 4.79 Å². The molecule has 94 valence electrons. The summed E-state index contributed by atoms with van der Waals surface area (Å²) < 4.78 is 0. The van der Waals surface area contributed by atoms with Crippen LogP contribution < -0.4 is 10.6 Å². The van der Waals surface area contributed by atoms with E-state index in [0.29, 0.717) is 21.7 Å². The Balaban J connectivity index is 2.59. The molecule has 0 heterocycles. The molecule has 3 nitrogen and oxygen atoms in total. The van der Waals surface area contributed by atoms with Crippen LogP contribution in [0.3, 0.4) is 0 Å². The predicted molar refractivity (Wildman–Crippen MR) is 72.9 cm³/mol. The zero-order valence-electron chi connectivity index (χ0n) is 10.1. The van der Waals surface area contributed by atoms with Gasteiger partial charge in [-0.05, 0) is 31.0 Å². The van der Waals surface area contributed by atoms with Crippen LogP contribution in [-0.2, 0) is 0 Å². The summed E-state index contributed by atoms with van der Waals surface area (Å²) in [5.41, 5.74) is 0.618. The van der Waals surface area contributed by atoms with Gasteiger partial charge in [0.2, 0.25) is 0 Å². The van der Waals surface area contributed by atoms with Crippen LogP contribution in [0.4, 0.5) is 10.5 Å². The summed E-state index contributed by atoms with van der Waals surface area (Å²) in [7, 11) is 0. The lowest BCUT2D eigenvalue weighted by atomic mass is 10.1. The van der Waals surface area contributed by atoms with Gasteiger partial charge in [0, 0.05) is 11.7 Å². The first kappa shape index (κ1) is 14.1. The van der Waals surface area contributed by atoms with Crippen LogP contribution in [0.2, 0.25) is 10.0 Å². The molecule has 0 spiro atoms. The number of anilines is 1. The van der Waals surface area contributed by atoms with Crippen molar-refractivity contribution in [3.05, 3.63) is 28.2 Å². The van der Waals surface area contributed by atoms with Gasteiger partial charge < -0.3 is 10.6 Å². The second-order valence-corrected chi connectivity index (χ2v) is 5.07. The van der Waals surface area contributed by atoms with E-state index in [4.69, 9.17) is 23.2 Å². The number of hydrogen-bond donors (Lipinski definition) is 2. The van der Waals surface area contributed by atoms with Crippen molar-refractivity contribution in [1.82, 2.24) is 5.32 Å². The molecule has 5 heteroatoms. The van der Waals surface area contributed by atoms with Crippen LogP contribution in [-0.4, -0.2) is 12.1 Å². The fourth-order valence-electron chi connectivity index (χ4n) is 1.11. The number of hydrogen-bond acceptors (Lipinski definition) is 1. The molecule has 0 aromatic heterocycles. The summed E-state index contributed by atoms with van der Waals surface area (Å²) >= 11 is 11.6. The Kier molecular flexibility index (Phi) is 5.09. The highest BCUT2D eigenvalue weighted by Crippen LogP contribution is 2.24. The third kappa shape index (κ3) is 4.44. The van der Waals surface area contributed by atoms with Gasteiger partial charge in [0.05, 0.1) is 10.0 Å². The fraction of sp³-hybridized carbons (Fsp3) is 0.417. The quantitative estimate of drug-likeness (QED) is 0.854. The number of carbonyl (C=O) groups excluding carboxylic acids is 1. The third-order valence-corrected chi connectivity index (χ3v) is 3.28. The van der Waals surface area contributed by atoms with E-state index >= 15 is 0 Å². The van der Waals surface area contributed by atoms with E-state index < -0.39 is 0 Å². The summed E-state index contributed by atoms with van der Waals surface area (Å²) in [4.78, 5) is 11.6. The minimum Gasteiger partial charge on any atom is -0.335 e. The Morgan fingerprint density at radius 1 is 1.18 bits per heavy atom. The number of nitrogens with one attached hydrogen (secondary N) is 2. The molecule has 1 aromatic rings. The molecule has 0 radical (unpaired) electrons. The average molecular weight is 275 g/mol. The van der Waals surface area contributed by atoms with Crippen molar-refractivity contribution in [2.45, 2.75) is 26.8 Å². The summed E-state index contributed by atoms with van der Waals surface area (Å²) in [6.07, 6.45) is 0. The molecule has 2 N–H and O–H groups in total. The molecule has 0 aliphatic rings. The number of rotatable bonds is 3. The lowest BCUT2D eigenvalue weighted by molar-refractivity contribution is 0.246. The van der Waals surface area contributed by atoms with E-state index in [1.807, 2.05) is 20.8 Å². The number of urea groups is 1. The van der Waals surface area contributed by atoms with Crippen molar-refractivity contribution in [2.24, 2.45) is 5.92 Å². The van der Waals surface area contributed by atoms with E-state index in [0.717, 1.165) is 0 Å². The molecule has 0 unspecified atom stereocenters. The summed E-state index contributed by atoms with van der Waals surface area (Å²) in [6.45, 7) is 6.05. The standard InChI is InChI=1S/C12H16Cl2N2O/c1-7(2)8(3)15-12(17)16-9-4-5-10(13)11(14)6-9/h4-8H,1-3H3,(H2,15,16,17)/t8-/m1/s1. The smallest absolute Gasteiger partial charge is 0.319 e. The highest BCUT2D eigenvalue weighted by atomic mass is 35.5. The zero-order chi connectivity index (χ0) is 13.0. The van der Waals surface area contributed by atoms with E-state index in [9.17, 15) is 4.79 Å². The van der Waals surface area contributed by atoms with Crippen LogP contribution in [0.1, 0.15) is 20.8 Å². The van der Waals surface area contributed by atoms with Crippen LogP contribution >= 0.6 is 23.2 Å². The van der Waals surface area contributed by atoms with Crippen molar-refractivity contribution in [1.29, 1.82) is 0 Å². The number of benzene rings is 1. The van der Waals surface area contributed by atoms with Crippen LogP contribution in [0.25, 0.3) is 0 Å². The molecule has 0 aliphatic heterocycles. The monoisotopic (exact) mass is 274 g/mol. The van der Waals surface area contributed by atoms with Crippen molar-refractivity contribution >= 4 is 34.9 Å². The minimum absolute atomic E-state index is 0.109. The van der Waals surface area contributed by atoms with E-state index in [1.165, 1.54) is 0 Å². The Bertz CT molecular complexity index is 407. The van der Waals surface area contributed by atoms with Gasteiger partial charge in [0.25, 0.3) is 0 Å². The van der Waals surface area contributed by atoms with Gasteiger partial charge in [-0.1, -0.05) is 37.0 Å². The Morgan fingerprint density at radius 2 is 1.82 bits per heavy atom. The van der Waals surface area contributed by atoms with Crippen molar-refractivity contribution < 1.29 is 4.79 Å². The van der Waals surface area contributed by atoms with Gasteiger partial charge in [-0.2, -0.15) is 0 Å². The largest absolute Gasteiger partial charge is 0.335 e.